The number of ether oxygens (including phenoxy) is 1. The predicted octanol–water partition coefficient (Wildman–Crippen LogP) is 3.92. The molecule has 0 aromatic carbocycles. The number of hydrogen-bond acceptors (Lipinski definition) is 3. The van der Waals surface area contributed by atoms with E-state index in [-0.39, 0.29) is 23.6 Å². The van der Waals surface area contributed by atoms with Crippen LogP contribution in [0.3, 0.4) is 0 Å². The second kappa shape index (κ2) is 5.47. The van der Waals surface area contributed by atoms with Gasteiger partial charge in [-0.2, -0.15) is 0 Å². The summed E-state index contributed by atoms with van der Waals surface area (Å²) in [5.41, 5.74) is 4.91. The minimum Gasteiger partial charge on any atom is -0.462 e. The number of allylic oxidation sites excluding steroid dienone is 3. The van der Waals surface area contributed by atoms with Crippen LogP contribution in [0.4, 0.5) is 0 Å². The van der Waals surface area contributed by atoms with Gasteiger partial charge in [-0.1, -0.05) is 29.7 Å². The number of aliphatic hydroxyl groups is 1. The number of rotatable bonds is 1. The number of carbonyl (C=O) groups excluding carboxylic acids is 1. The van der Waals surface area contributed by atoms with Crippen molar-refractivity contribution in [1.29, 1.82) is 0 Å². The van der Waals surface area contributed by atoms with Crippen LogP contribution >= 0.6 is 0 Å². The molecule has 0 spiro atoms. The number of fused-ring (bicyclic) bond motifs is 4. The van der Waals surface area contributed by atoms with Gasteiger partial charge in [0.2, 0.25) is 0 Å². The van der Waals surface area contributed by atoms with Gasteiger partial charge in [-0.25, -0.2) is 0 Å². The largest absolute Gasteiger partial charge is 0.462 e. The van der Waals surface area contributed by atoms with Gasteiger partial charge in [-0.05, 0) is 57.3 Å². The first-order valence-electron chi connectivity index (χ1n) is 9.25. The number of aliphatic hydroxyl groups excluding tert-OH is 1. The van der Waals surface area contributed by atoms with Crippen LogP contribution in [0, 0.1) is 17.3 Å². The van der Waals surface area contributed by atoms with Crippen molar-refractivity contribution >= 4 is 5.97 Å². The van der Waals surface area contributed by atoms with E-state index in [1.165, 1.54) is 18.9 Å². The molecule has 4 rings (SSSR count). The molecule has 0 bridgehead atoms. The summed E-state index contributed by atoms with van der Waals surface area (Å²) in [5.74, 6) is 1.05. The fourth-order valence-corrected chi connectivity index (χ4v) is 5.90. The highest BCUT2D eigenvalue weighted by Gasteiger charge is 2.54. The monoisotopic (exact) mass is 316 g/mol. The molecule has 0 heterocycles. The molecule has 4 aliphatic carbocycles. The Bertz CT molecular complexity index is 588. The molecule has 4 aliphatic rings. The standard InChI is InChI=1S/C20H28O3/c1-12(21)23-19-8-7-18-17-5-3-13-11-14(22)4-6-15(13)16(17)9-10-20(18,19)2/h5,14,16,18-19,22H,3-4,6-11H2,1-2H3/t14?,16-,18+,19+,20+/m1/s1. The molecular weight excluding hydrogens is 288 g/mol. The average Bonchev–Trinajstić information content (AvgIpc) is 2.83. The summed E-state index contributed by atoms with van der Waals surface area (Å²) in [6.45, 7) is 3.87. The molecule has 126 valence electrons. The Labute approximate surface area is 138 Å². The Morgan fingerprint density at radius 3 is 2.91 bits per heavy atom. The van der Waals surface area contributed by atoms with Gasteiger partial charge in [-0.15, -0.1) is 0 Å². The number of carbonyl (C=O) groups is 1. The van der Waals surface area contributed by atoms with E-state index in [4.69, 9.17) is 4.74 Å². The van der Waals surface area contributed by atoms with Crippen LogP contribution in [0.25, 0.3) is 0 Å². The van der Waals surface area contributed by atoms with Crippen LogP contribution in [0.15, 0.2) is 22.8 Å². The van der Waals surface area contributed by atoms with Gasteiger partial charge in [0, 0.05) is 18.3 Å². The highest BCUT2D eigenvalue weighted by Crippen LogP contribution is 2.60. The zero-order valence-electron chi connectivity index (χ0n) is 14.3. The highest BCUT2D eigenvalue weighted by atomic mass is 16.5. The third-order valence-corrected chi connectivity index (χ3v) is 7.02. The SMILES string of the molecule is CC(=O)O[C@H]1CC[C@H]2C3=CCC4=C(CCC(O)C4)[C@H]3CC[C@]12C. The second-order valence-corrected chi connectivity index (χ2v) is 8.26. The molecule has 0 aromatic rings. The summed E-state index contributed by atoms with van der Waals surface area (Å²) in [7, 11) is 0. The Morgan fingerprint density at radius 1 is 1.30 bits per heavy atom. The van der Waals surface area contributed by atoms with Crippen molar-refractivity contribution in [2.45, 2.75) is 77.4 Å². The van der Waals surface area contributed by atoms with E-state index in [1.54, 1.807) is 11.1 Å². The summed E-state index contributed by atoms with van der Waals surface area (Å²) < 4.78 is 5.67. The van der Waals surface area contributed by atoms with Crippen LogP contribution in [0.5, 0.6) is 0 Å². The van der Waals surface area contributed by atoms with Gasteiger partial charge in [-0.3, -0.25) is 4.79 Å². The van der Waals surface area contributed by atoms with E-state index in [0.717, 1.165) is 44.9 Å². The summed E-state index contributed by atoms with van der Waals surface area (Å²) in [4.78, 5) is 11.4. The van der Waals surface area contributed by atoms with Crippen molar-refractivity contribution in [3.05, 3.63) is 22.8 Å². The maximum atomic E-state index is 11.4. The summed E-state index contributed by atoms with van der Waals surface area (Å²) in [6, 6.07) is 0. The van der Waals surface area contributed by atoms with Gasteiger partial charge in [0.1, 0.15) is 6.10 Å². The molecular formula is C20H28O3. The van der Waals surface area contributed by atoms with Crippen molar-refractivity contribution in [2.75, 3.05) is 0 Å². The van der Waals surface area contributed by atoms with E-state index in [1.807, 2.05) is 0 Å². The molecule has 2 saturated carbocycles. The molecule has 1 unspecified atom stereocenters. The fraction of sp³-hybridized carbons (Fsp3) is 0.750. The number of hydrogen-bond donors (Lipinski definition) is 1. The molecule has 23 heavy (non-hydrogen) atoms. The lowest BCUT2D eigenvalue weighted by atomic mass is 9.58. The lowest BCUT2D eigenvalue weighted by molar-refractivity contribution is -0.152. The van der Waals surface area contributed by atoms with Gasteiger partial charge >= 0.3 is 5.97 Å². The third kappa shape index (κ3) is 2.39. The van der Waals surface area contributed by atoms with Crippen molar-refractivity contribution in [2.24, 2.45) is 17.3 Å². The summed E-state index contributed by atoms with van der Waals surface area (Å²) in [5, 5.41) is 9.95. The summed E-state index contributed by atoms with van der Waals surface area (Å²) in [6.07, 6.45) is 10.8. The zero-order valence-corrected chi connectivity index (χ0v) is 14.3. The van der Waals surface area contributed by atoms with Crippen molar-refractivity contribution in [3.8, 4) is 0 Å². The molecule has 2 fully saturated rings. The van der Waals surface area contributed by atoms with E-state index in [0.29, 0.717) is 11.8 Å². The van der Waals surface area contributed by atoms with E-state index >= 15 is 0 Å². The lowest BCUT2D eigenvalue weighted by Crippen LogP contribution is -2.42. The molecule has 0 aliphatic heterocycles. The normalized spacial score (nSPS) is 42.5. The van der Waals surface area contributed by atoms with Crippen molar-refractivity contribution < 1.29 is 14.6 Å². The molecule has 5 atom stereocenters. The molecule has 3 heteroatoms. The smallest absolute Gasteiger partial charge is 0.302 e. The first kappa shape index (κ1) is 15.4. The van der Waals surface area contributed by atoms with Crippen LogP contribution in [-0.4, -0.2) is 23.3 Å². The zero-order chi connectivity index (χ0) is 16.2. The minimum absolute atomic E-state index is 0.0930. The molecule has 0 amide bonds. The topological polar surface area (TPSA) is 46.5 Å². The molecule has 3 nitrogen and oxygen atoms in total. The maximum Gasteiger partial charge on any atom is 0.302 e. The highest BCUT2D eigenvalue weighted by molar-refractivity contribution is 5.66. The quantitative estimate of drug-likeness (QED) is 0.589. The molecule has 0 saturated heterocycles. The van der Waals surface area contributed by atoms with Crippen LogP contribution in [0.1, 0.15) is 65.2 Å². The Balaban J connectivity index is 1.60. The lowest BCUT2D eigenvalue weighted by Gasteiger charge is -2.48. The van der Waals surface area contributed by atoms with Crippen molar-refractivity contribution in [1.82, 2.24) is 0 Å². The minimum atomic E-state index is -0.136. The molecule has 0 radical (unpaired) electrons. The summed E-state index contributed by atoms with van der Waals surface area (Å²) >= 11 is 0. The predicted molar refractivity (Wildman–Crippen MR) is 88.7 cm³/mol. The Hall–Kier alpha value is -1.09. The third-order valence-electron chi connectivity index (χ3n) is 7.02. The Morgan fingerprint density at radius 2 is 2.13 bits per heavy atom. The maximum absolute atomic E-state index is 11.4. The van der Waals surface area contributed by atoms with E-state index in [2.05, 4.69) is 13.0 Å². The van der Waals surface area contributed by atoms with Gasteiger partial charge in [0.25, 0.3) is 0 Å². The van der Waals surface area contributed by atoms with Crippen molar-refractivity contribution in [3.63, 3.8) is 0 Å². The van der Waals surface area contributed by atoms with Gasteiger partial charge in [0.15, 0.2) is 0 Å². The average molecular weight is 316 g/mol. The fourth-order valence-electron chi connectivity index (χ4n) is 5.90. The van der Waals surface area contributed by atoms with Gasteiger partial charge < -0.3 is 9.84 Å². The molecule has 0 aromatic heterocycles. The van der Waals surface area contributed by atoms with E-state index < -0.39 is 0 Å². The van der Waals surface area contributed by atoms with Crippen LogP contribution < -0.4 is 0 Å². The first-order valence-corrected chi connectivity index (χ1v) is 9.25. The first-order chi connectivity index (χ1) is 11.0. The second-order valence-electron chi connectivity index (χ2n) is 8.26. The number of esters is 1. The molecule has 1 N–H and O–H groups in total. The van der Waals surface area contributed by atoms with Crippen LogP contribution in [-0.2, 0) is 9.53 Å². The van der Waals surface area contributed by atoms with Crippen LogP contribution in [0.2, 0.25) is 0 Å². The van der Waals surface area contributed by atoms with E-state index in [9.17, 15) is 9.90 Å². The Kier molecular flexibility index (Phi) is 3.67. The van der Waals surface area contributed by atoms with Gasteiger partial charge in [0.05, 0.1) is 6.10 Å².